The first kappa shape index (κ1) is 10.9. The van der Waals surface area contributed by atoms with Crippen molar-refractivity contribution in [1.82, 2.24) is 0 Å². The summed E-state index contributed by atoms with van der Waals surface area (Å²) in [5.41, 5.74) is 1.53. The van der Waals surface area contributed by atoms with Gasteiger partial charge in [-0.2, -0.15) is 0 Å². The molecule has 0 fully saturated rings. The molecule has 0 atom stereocenters. The maximum absolute atomic E-state index is 11.1. The lowest BCUT2D eigenvalue weighted by Crippen LogP contribution is -1.99. The quantitative estimate of drug-likeness (QED) is 0.773. The molecule has 0 aliphatic heterocycles. The van der Waals surface area contributed by atoms with Crippen molar-refractivity contribution in [2.24, 2.45) is 0 Å². The molecule has 0 unspecified atom stereocenters. The molecule has 4 heteroatoms. The van der Waals surface area contributed by atoms with Crippen LogP contribution < -0.4 is 0 Å². The number of sulfone groups is 1. The molecule has 0 saturated heterocycles. The van der Waals surface area contributed by atoms with Crippen LogP contribution in [-0.4, -0.2) is 20.4 Å². The zero-order valence-electron chi connectivity index (χ0n) is 8.24. The Balaban J connectivity index is 2.95. The van der Waals surface area contributed by atoms with E-state index in [-0.39, 0.29) is 0 Å². The molecule has 0 bridgehead atoms. The highest BCUT2D eigenvalue weighted by molar-refractivity contribution is 7.90. The molecule has 0 aliphatic rings. The summed E-state index contributed by atoms with van der Waals surface area (Å²) in [5, 5.41) is 7.29. The second-order valence-corrected chi connectivity index (χ2v) is 5.39. The third-order valence-corrected chi connectivity index (χ3v) is 2.95. The first-order valence-corrected chi connectivity index (χ1v) is 6.12. The van der Waals surface area contributed by atoms with Gasteiger partial charge in [-0.05, 0) is 24.6 Å². The van der Waals surface area contributed by atoms with E-state index < -0.39 is 9.84 Å². The number of nitrogens with one attached hydrogen (secondary N) is 1. The fraction of sp³-hybridized carbons (Fsp3) is 0.300. The van der Waals surface area contributed by atoms with Crippen molar-refractivity contribution in [3.63, 3.8) is 0 Å². The van der Waals surface area contributed by atoms with E-state index in [1.807, 2.05) is 0 Å². The molecule has 1 rings (SSSR count). The standard InChI is InChI=1S/C10H13NO2S/c1-8(11)7-9-3-5-10(6-4-9)14(2,12)13/h3-6,11H,7H2,1-2H3. The van der Waals surface area contributed by atoms with Gasteiger partial charge < -0.3 is 5.41 Å². The number of rotatable bonds is 3. The lowest BCUT2D eigenvalue weighted by atomic mass is 10.1. The van der Waals surface area contributed by atoms with Crippen LogP contribution in [0, 0.1) is 5.41 Å². The van der Waals surface area contributed by atoms with Crippen molar-refractivity contribution in [1.29, 1.82) is 5.41 Å². The Bertz CT molecular complexity index is 432. The van der Waals surface area contributed by atoms with Crippen LogP contribution in [-0.2, 0) is 16.3 Å². The van der Waals surface area contributed by atoms with Gasteiger partial charge in [0.25, 0.3) is 0 Å². The Labute approximate surface area is 84.2 Å². The van der Waals surface area contributed by atoms with Crippen LogP contribution in [0.3, 0.4) is 0 Å². The number of hydrogen-bond donors (Lipinski definition) is 1. The molecule has 1 N–H and O–H groups in total. The minimum atomic E-state index is -3.10. The summed E-state index contributed by atoms with van der Waals surface area (Å²) < 4.78 is 22.2. The number of hydrogen-bond acceptors (Lipinski definition) is 3. The summed E-state index contributed by atoms with van der Waals surface area (Å²) in [4.78, 5) is 0.323. The molecular formula is C10H13NO2S. The van der Waals surface area contributed by atoms with E-state index in [1.54, 1.807) is 31.2 Å². The third kappa shape index (κ3) is 2.96. The van der Waals surface area contributed by atoms with Crippen LogP contribution in [0.15, 0.2) is 29.2 Å². The molecule has 0 aliphatic carbocycles. The van der Waals surface area contributed by atoms with Crippen LogP contribution in [0.1, 0.15) is 12.5 Å². The molecule has 0 saturated carbocycles. The topological polar surface area (TPSA) is 58.0 Å². The third-order valence-electron chi connectivity index (χ3n) is 1.82. The minimum Gasteiger partial charge on any atom is -0.310 e. The van der Waals surface area contributed by atoms with Crippen molar-refractivity contribution < 1.29 is 8.42 Å². The van der Waals surface area contributed by atoms with E-state index in [9.17, 15) is 8.42 Å². The molecule has 0 amide bonds. The molecule has 3 nitrogen and oxygen atoms in total. The summed E-state index contributed by atoms with van der Waals surface area (Å²) in [5.74, 6) is 0. The molecule has 0 heterocycles. The Morgan fingerprint density at radius 1 is 1.29 bits per heavy atom. The molecule has 0 spiro atoms. The van der Waals surface area contributed by atoms with Crippen molar-refractivity contribution in [2.75, 3.05) is 6.26 Å². The van der Waals surface area contributed by atoms with Crippen LogP contribution in [0.2, 0.25) is 0 Å². The van der Waals surface area contributed by atoms with E-state index in [1.165, 1.54) is 6.26 Å². The van der Waals surface area contributed by atoms with Gasteiger partial charge in [-0.15, -0.1) is 0 Å². The van der Waals surface area contributed by atoms with Gasteiger partial charge in [-0.25, -0.2) is 8.42 Å². The smallest absolute Gasteiger partial charge is 0.175 e. The van der Waals surface area contributed by atoms with Gasteiger partial charge >= 0.3 is 0 Å². The van der Waals surface area contributed by atoms with E-state index in [2.05, 4.69) is 0 Å². The van der Waals surface area contributed by atoms with Gasteiger partial charge in [0.05, 0.1) is 4.90 Å². The molecule has 76 valence electrons. The Morgan fingerprint density at radius 3 is 2.14 bits per heavy atom. The maximum Gasteiger partial charge on any atom is 0.175 e. The van der Waals surface area contributed by atoms with Crippen LogP contribution in [0.25, 0.3) is 0 Å². The normalized spacial score (nSPS) is 11.3. The van der Waals surface area contributed by atoms with Crippen molar-refractivity contribution in [3.05, 3.63) is 29.8 Å². The molecule has 1 aromatic rings. The van der Waals surface area contributed by atoms with Crippen LogP contribution in [0.4, 0.5) is 0 Å². The van der Waals surface area contributed by atoms with Crippen molar-refractivity contribution in [3.8, 4) is 0 Å². The summed E-state index contributed by atoms with van der Waals surface area (Å²) in [6.45, 7) is 1.73. The maximum atomic E-state index is 11.1. The molecule has 0 radical (unpaired) electrons. The molecular weight excluding hydrogens is 198 g/mol. The van der Waals surface area contributed by atoms with Gasteiger partial charge in [-0.1, -0.05) is 12.1 Å². The number of benzene rings is 1. The van der Waals surface area contributed by atoms with Crippen LogP contribution >= 0.6 is 0 Å². The second-order valence-electron chi connectivity index (χ2n) is 3.37. The molecule has 14 heavy (non-hydrogen) atoms. The summed E-state index contributed by atoms with van der Waals surface area (Å²) in [6.07, 6.45) is 1.76. The fourth-order valence-electron chi connectivity index (χ4n) is 1.16. The molecule has 1 aromatic carbocycles. The predicted octanol–water partition coefficient (Wildman–Crippen LogP) is 1.67. The average molecular weight is 211 g/mol. The lowest BCUT2D eigenvalue weighted by molar-refractivity contribution is 0.602. The summed E-state index contributed by atoms with van der Waals surface area (Å²) >= 11 is 0. The SMILES string of the molecule is CC(=N)Cc1ccc(S(C)(=O)=O)cc1. The summed E-state index contributed by atoms with van der Waals surface area (Å²) in [6, 6.07) is 6.64. The van der Waals surface area contributed by atoms with E-state index >= 15 is 0 Å². The van der Waals surface area contributed by atoms with E-state index in [0.717, 1.165) is 5.56 Å². The Morgan fingerprint density at radius 2 is 1.79 bits per heavy atom. The Hall–Kier alpha value is -1.16. The van der Waals surface area contributed by atoms with Gasteiger partial charge in [0.2, 0.25) is 0 Å². The lowest BCUT2D eigenvalue weighted by Gasteiger charge is -2.01. The average Bonchev–Trinajstić information content (AvgIpc) is 2.02. The van der Waals surface area contributed by atoms with Gasteiger partial charge in [0, 0.05) is 18.4 Å². The van der Waals surface area contributed by atoms with Crippen molar-refractivity contribution in [2.45, 2.75) is 18.2 Å². The predicted molar refractivity (Wildman–Crippen MR) is 56.7 cm³/mol. The first-order valence-electron chi connectivity index (χ1n) is 4.22. The highest BCUT2D eigenvalue weighted by Gasteiger charge is 2.05. The highest BCUT2D eigenvalue weighted by atomic mass is 32.2. The zero-order chi connectivity index (χ0) is 10.8. The van der Waals surface area contributed by atoms with Gasteiger partial charge in [0.15, 0.2) is 9.84 Å². The van der Waals surface area contributed by atoms with E-state index in [0.29, 0.717) is 17.0 Å². The van der Waals surface area contributed by atoms with Gasteiger partial charge in [-0.3, -0.25) is 0 Å². The second kappa shape index (κ2) is 3.92. The Kier molecular flexibility index (Phi) is 3.06. The highest BCUT2D eigenvalue weighted by Crippen LogP contribution is 2.10. The van der Waals surface area contributed by atoms with Crippen LogP contribution in [0.5, 0.6) is 0 Å². The monoisotopic (exact) mass is 211 g/mol. The largest absolute Gasteiger partial charge is 0.310 e. The fourth-order valence-corrected chi connectivity index (χ4v) is 1.79. The first-order chi connectivity index (χ1) is 6.39. The van der Waals surface area contributed by atoms with E-state index in [4.69, 9.17) is 5.41 Å². The zero-order valence-corrected chi connectivity index (χ0v) is 9.06. The summed E-state index contributed by atoms with van der Waals surface area (Å²) in [7, 11) is -3.10. The van der Waals surface area contributed by atoms with Gasteiger partial charge in [0.1, 0.15) is 0 Å². The van der Waals surface area contributed by atoms with Crippen molar-refractivity contribution >= 4 is 15.5 Å². The molecule has 0 aromatic heterocycles. The minimum absolute atomic E-state index is 0.323.